The van der Waals surface area contributed by atoms with Crippen molar-refractivity contribution < 1.29 is 4.79 Å². The molecule has 3 heteroatoms. The third-order valence-corrected chi connectivity index (χ3v) is 2.68. The molecule has 1 N–H and O–H groups in total. The van der Waals surface area contributed by atoms with Crippen LogP contribution in [0.2, 0.25) is 0 Å². The molecule has 2 rings (SSSR count). The zero-order valence-corrected chi connectivity index (χ0v) is 8.50. The molecule has 0 aliphatic heterocycles. The highest BCUT2D eigenvalue weighted by atomic mass is 16.2. The SMILES string of the molecule is Cc1cccc(NC(=O)C2(C)CC2)n1. The summed E-state index contributed by atoms with van der Waals surface area (Å²) in [6, 6.07) is 5.62. The molecular weight excluding hydrogens is 176 g/mol. The number of nitrogens with one attached hydrogen (secondary N) is 1. The van der Waals surface area contributed by atoms with Crippen LogP contribution in [-0.4, -0.2) is 10.9 Å². The molecule has 0 radical (unpaired) electrons. The Kier molecular flexibility index (Phi) is 2.02. The van der Waals surface area contributed by atoms with Crippen molar-refractivity contribution in [1.29, 1.82) is 0 Å². The van der Waals surface area contributed by atoms with Gasteiger partial charge >= 0.3 is 0 Å². The standard InChI is InChI=1S/C11H14N2O/c1-8-4-3-5-9(12-8)13-10(14)11(2)6-7-11/h3-5H,6-7H2,1-2H3,(H,12,13,14). The van der Waals surface area contributed by atoms with Crippen LogP contribution in [-0.2, 0) is 4.79 Å². The molecule has 1 aromatic rings. The van der Waals surface area contributed by atoms with E-state index in [-0.39, 0.29) is 11.3 Å². The average molecular weight is 190 g/mol. The summed E-state index contributed by atoms with van der Waals surface area (Å²) in [7, 11) is 0. The van der Waals surface area contributed by atoms with Crippen molar-refractivity contribution in [3.05, 3.63) is 23.9 Å². The molecule has 1 saturated carbocycles. The maximum atomic E-state index is 11.7. The van der Waals surface area contributed by atoms with Crippen LogP contribution in [0.5, 0.6) is 0 Å². The number of carbonyl (C=O) groups excluding carboxylic acids is 1. The van der Waals surface area contributed by atoms with Gasteiger partial charge in [0.1, 0.15) is 5.82 Å². The van der Waals surface area contributed by atoms with Crippen molar-refractivity contribution in [2.75, 3.05) is 5.32 Å². The van der Waals surface area contributed by atoms with Crippen LogP contribution in [0.25, 0.3) is 0 Å². The van der Waals surface area contributed by atoms with Crippen molar-refractivity contribution >= 4 is 11.7 Å². The molecule has 1 aromatic heterocycles. The van der Waals surface area contributed by atoms with E-state index < -0.39 is 0 Å². The highest BCUT2D eigenvalue weighted by molar-refractivity contribution is 5.96. The van der Waals surface area contributed by atoms with Gasteiger partial charge < -0.3 is 5.32 Å². The van der Waals surface area contributed by atoms with Crippen LogP contribution in [0.3, 0.4) is 0 Å². The van der Waals surface area contributed by atoms with Crippen LogP contribution in [0, 0.1) is 12.3 Å². The predicted molar refractivity (Wildman–Crippen MR) is 54.9 cm³/mol. The number of aromatic nitrogens is 1. The molecule has 74 valence electrons. The second kappa shape index (κ2) is 3.08. The topological polar surface area (TPSA) is 42.0 Å². The van der Waals surface area contributed by atoms with E-state index in [9.17, 15) is 4.79 Å². The van der Waals surface area contributed by atoms with Crippen LogP contribution < -0.4 is 5.32 Å². The van der Waals surface area contributed by atoms with Gasteiger partial charge in [-0.05, 0) is 31.9 Å². The fourth-order valence-electron chi connectivity index (χ4n) is 1.29. The number of hydrogen-bond donors (Lipinski definition) is 1. The van der Waals surface area contributed by atoms with Gasteiger partial charge in [0.2, 0.25) is 5.91 Å². The zero-order valence-electron chi connectivity index (χ0n) is 8.50. The lowest BCUT2D eigenvalue weighted by Gasteiger charge is -2.09. The average Bonchev–Trinajstić information content (AvgIpc) is 2.85. The Morgan fingerprint density at radius 2 is 2.21 bits per heavy atom. The van der Waals surface area contributed by atoms with E-state index in [1.165, 1.54) is 0 Å². The van der Waals surface area contributed by atoms with Crippen LogP contribution in [0.1, 0.15) is 25.5 Å². The molecule has 0 saturated heterocycles. The first-order chi connectivity index (χ1) is 6.60. The number of nitrogens with zero attached hydrogens (tertiary/aromatic N) is 1. The number of hydrogen-bond acceptors (Lipinski definition) is 2. The van der Waals surface area contributed by atoms with Crippen molar-refractivity contribution in [2.24, 2.45) is 5.41 Å². The minimum atomic E-state index is -0.134. The summed E-state index contributed by atoms with van der Waals surface area (Å²) in [5.74, 6) is 0.749. The van der Waals surface area contributed by atoms with Crippen LogP contribution in [0.4, 0.5) is 5.82 Å². The lowest BCUT2D eigenvalue weighted by molar-refractivity contribution is -0.120. The molecule has 1 amide bonds. The molecule has 0 spiro atoms. The van der Waals surface area contributed by atoms with Gasteiger partial charge in [-0.15, -0.1) is 0 Å². The number of carbonyl (C=O) groups is 1. The quantitative estimate of drug-likeness (QED) is 0.776. The Morgan fingerprint density at radius 1 is 1.50 bits per heavy atom. The third-order valence-electron chi connectivity index (χ3n) is 2.68. The fraction of sp³-hybridized carbons (Fsp3) is 0.455. The number of pyridine rings is 1. The Labute approximate surface area is 83.5 Å². The van der Waals surface area contributed by atoms with E-state index in [0.29, 0.717) is 5.82 Å². The lowest BCUT2D eigenvalue weighted by atomic mass is 10.1. The van der Waals surface area contributed by atoms with E-state index in [0.717, 1.165) is 18.5 Å². The summed E-state index contributed by atoms with van der Waals surface area (Å²) in [6.45, 7) is 3.90. The van der Waals surface area contributed by atoms with Gasteiger partial charge in [-0.1, -0.05) is 13.0 Å². The Bertz CT molecular complexity index is 369. The van der Waals surface area contributed by atoms with Crippen molar-refractivity contribution in [2.45, 2.75) is 26.7 Å². The summed E-state index contributed by atoms with van der Waals surface area (Å²) in [6.07, 6.45) is 1.98. The monoisotopic (exact) mass is 190 g/mol. The van der Waals surface area contributed by atoms with E-state index in [1.54, 1.807) is 0 Å². The van der Waals surface area contributed by atoms with E-state index >= 15 is 0 Å². The number of aryl methyl sites for hydroxylation is 1. The molecule has 0 unspecified atom stereocenters. The second-order valence-electron chi connectivity index (χ2n) is 4.18. The molecule has 1 aliphatic carbocycles. The van der Waals surface area contributed by atoms with Gasteiger partial charge in [-0.2, -0.15) is 0 Å². The Hall–Kier alpha value is -1.38. The minimum Gasteiger partial charge on any atom is -0.310 e. The second-order valence-corrected chi connectivity index (χ2v) is 4.18. The van der Waals surface area contributed by atoms with E-state index in [1.807, 2.05) is 32.0 Å². The maximum Gasteiger partial charge on any atom is 0.231 e. The van der Waals surface area contributed by atoms with Gasteiger partial charge in [-0.3, -0.25) is 4.79 Å². The van der Waals surface area contributed by atoms with E-state index in [4.69, 9.17) is 0 Å². The summed E-state index contributed by atoms with van der Waals surface area (Å²) in [5, 5.41) is 2.84. The third kappa shape index (κ3) is 1.76. The smallest absolute Gasteiger partial charge is 0.231 e. The fourth-order valence-corrected chi connectivity index (χ4v) is 1.29. The lowest BCUT2D eigenvalue weighted by Crippen LogP contribution is -2.21. The molecule has 1 heterocycles. The highest BCUT2D eigenvalue weighted by Gasteiger charge is 2.44. The van der Waals surface area contributed by atoms with Crippen molar-refractivity contribution in [1.82, 2.24) is 4.98 Å². The molecular formula is C11H14N2O. The van der Waals surface area contributed by atoms with Crippen molar-refractivity contribution in [3.8, 4) is 0 Å². The normalized spacial score (nSPS) is 17.6. The summed E-state index contributed by atoms with van der Waals surface area (Å²) in [5.41, 5.74) is 0.787. The summed E-state index contributed by atoms with van der Waals surface area (Å²) >= 11 is 0. The molecule has 1 fully saturated rings. The number of rotatable bonds is 2. The summed E-state index contributed by atoms with van der Waals surface area (Å²) in [4.78, 5) is 15.9. The van der Waals surface area contributed by atoms with Gasteiger partial charge in [0.25, 0.3) is 0 Å². The molecule has 0 aromatic carbocycles. The molecule has 1 aliphatic rings. The highest BCUT2D eigenvalue weighted by Crippen LogP contribution is 2.45. The predicted octanol–water partition coefficient (Wildman–Crippen LogP) is 2.13. The number of anilines is 1. The molecule has 14 heavy (non-hydrogen) atoms. The molecule has 0 bridgehead atoms. The van der Waals surface area contributed by atoms with Gasteiger partial charge in [0, 0.05) is 11.1 Å². The minimum absolute atomic E-state index is 0.0931. The van der Waals surface area contributed by atoms with Gasteiger partial charge in [0.15, 0.2) is 0 Å². The van der Waals surface area contributed by atoms with Crippen LogP contribution >= 0.6 is 0 Å². The summed E-state index contributed by atoms with van der Waals surface area (Å²) < 4.78 is 0. The first-order valence-electron chi connectivity index (χ1n) is 4.85. The molecule has 3 nitrogen and oxygen atoms in total. The van der Waals surface area contributed by atoms with Gasteiger partial charge in [0.05, 0.1) is 0 Å². The Morgan fingerprint density at radius 3 is 2.79 bits per heavy atom. The van der Waals surface area contributed by atoms with E-state index in [2.05, 4.69) is 10.3 Å². The first kappa shape index (κ1) is 9.19. The first-order valence-corrected chi connectivity index (χ1v) is 4.85. The molecule has 0 atom stereocenters. The maximum absolute atomic E-state index is 11.7. The van der Waals surface area contributed by atoms with Crippen LogP contribution in [0.15, 0.2) is 18.2 Å². The largest absolute Gasteiger partial charge is 0.310 e. The number of amides is 1. The zero-order chi connectivity index (χ0) is 10.2. The van der Waals surface area contributed by atoms with Crippen molar-refractivity contribution in [3.63, 3.8) is 0 Å². The van der Waals surface area contributed by atoms with Gasteiger partial charge in [-0.25, -0.2) is 4.98 Å². The Balaban J connectivity index is 2.07.